The van der Waals surface area contributed by atoms with E-state index in [2.05, 4.69) is 113 Å². The first kappa shape index (κ1) is 80.5. The smallest absolute Gasteiger partial charge is 0.407 e. The first-order valence-corrected chi connectivity index (χ1v) is 39.9. The Morgan fingerprint density at radius 3 is 1.17 bits per heavy atom. The maximum atomic E-state index is 12.6. The molecule has 16 atom stereocenters. The third-order valence-corrected chi connectivity index (χ3v) is 25.7. The van der Waals surface area contributed by atoms with Crippen LogP contribution in [0.3, 0.4) is 0 Å². The molecule has 0 aliphatic heterocycles. The summed E-state index contributed by atoms with van der Waals surface area (Å²) in [6, 6.07) is 0. The number of hydrogen-bond donors (Lipinski definition) is 8. The summed E-state index contributed by atoms with van der Waals surface area (Å²) in [5, 5.41) is 19.9. The van der Waals surface area contributed by atoms with Crippen molar-refractivity contribution in [2.45, 2.75) is 302 Å². The van der Waals surface area contributed by atoms with Gasteiger partial charge in [0.15, 0.2) is 0 Å². The molecule has 92 heavy (non-hydrogen) atoms. The van der Waals surface area contributed by atoms with Gasteiger partial charge in [0.25, 0.3) is 0 Å². The Hall–Kier alpha value is -2.22. The summed E-state index contributed by atoms with van der Waals surface area (Å²) in [5.74, 6) is 10.3. The van der Waals surface area contributed by atoms with Crippen LogP contribution in [0.25, 0.3) is 0 Å². The van der Waals surface area contributed by atoms with Crippen LogP contribution in [0.5, 0.6) is 0 Å². The normalized spacial score (nSPS) is 32.4. The predicted molar refractivity (Wildman–Crippen MR) is 392 cm³/mol. The van der Waals surface area contributed by atoms with Crippen LogP contribution in [-0.2, 0) is 9.47 Å². The molecule has 0 aromatic rings. The molecule has 8 rings (SSSR count). The Morgan fingerprint density at radius 1 is 0.435 bits per heavy atom. The molecule has 0 spiro atoms. The SMILES string of the molecule is CC.CC.CC(C)CCCC(C)C1CCC2C3CC=C4CC(OC(=O)NCCCNCCCCNCCCN)CCC4(C)C3CCC12C.CC(C)CCCC(C)C1CCC2C3CC=C4CC(OC(=O)NCCCNCCCNCCCCN)CCC4(C)C3CCC12C. The lowest BCUT2D eigenvalue weighted by Gasteiger charge is -2.58. The van der Waals surface area contributed by atoms with Crippen molar-refractivity contribution < 1.29 is 19.1 Å². The van der Waals surface area contributed by atoms with Crippen LogP contribution in [0.2, 0.25) is 0 Å². The molecular weight excluding hydrogens is 1140 g/mol. The van der Waals surface area contributed by atoms with Gasteiger partial charge in [-0.25, -0.2) is 9.59 Å². The van der Waals surface area contributed by atoms with E-state index < -0.39 is 0 Å². The summed E-state index contributed by atoms with van der Waals surface area (Å²) in [7, 11) is 0. The first-order chi connectivity index (χ1) is 44.4. The Morgan fingerprint density at radius 2 is 0.793 bits per heavy atom. The van der Waals surface area contributed by atoms with Crippen molar-refractivity contribution in [3.8, 4) is 0 Å². The predicted octanol–water partition coefficient (Wildman–Crippen LogP) is 17.7. The second-order valence-corrected chi connectivity index (χ2v) is 32.4. The maximum absolute atomic E-state index is 12.6. The monoisotopic (exact) mass is 1290 g/mol. The largest absolute Gasteiger partial charge is 0.446 e. The Labute approximate surface area is 568 Å². The van der Waals surface area contributed by atoms with Crippen molar-refractivity contribution in [2.75, 3.05) is 78.5 Å². The molecule has 2 amide bonds. The average Bonchev–Trinajstić information content (AvgIpc) is 1.36. The van der Waals surface area contributed by atoms with Gasteiger partial charge in [0.2, 0.25) is 0 Å². The van der Waals surface area contributed by atoms with Gasteiger partial charge in [0.1, 0.15) is 12.2 Å². The molecule has 0 heterocycles. The maximum Gasteiger partial charge on any atom is 0.407 e. The fraction of sp³-hybridized carbons (Fsp3) is 0.925. The molecule has 6 saturated carbocycles. The molecule has 8 aliphatic carbocycles. The number of unbranched alkanes of at least 4 members (excludes halogenated alkanes) is 2. The third-order valence-electron chi connectivity index (χ3n) is 25.7. The second-order valence-electron chi connectivity index (χ2n) is 32.4. The Kier molecular flexibility index (Phi) is 36.6. The van der Waals surface area contributed by atoms with Gasteiger partial charge >= 0.3 is 12.2 Å². The topological polar surface area (TPSA) is 177 Å². The average molecular weight is 1290 g/mol. The number of hydrogen-bond acceptors (Lipinski definition) is 10. The van der Waals surface area contributed by atoms with Crippen molar-refractivity contribution in [3.63, 3.8) is 0 Å². The van der Waals surface area contributed by atoms with Crippen LogP contribution < -0.4 is 43.4 Å². The lowest BCUT2D eigenvalue weighted by molar-refractivity contribution is -0.0581. The molecule has 0 radical (unpaired) electrons. The minimum atomic E-state index is -0.234. The number of carbonyl (C=O) groups is 2. The van der Waals surface area contributed by atoms with Crippen molar-refractivity contribution in [2.24, 2.45) is 104 Å². The van der Waals surface area contributed by atoms with Crippen LogP contribution in [0.15, 0.2) is 23.3 Å². The zero-order valence-corrected chi connectivity index (χ0v) is 62.7. The summed E-state index contributed by atoms with van der Waals surface area (Å²) < 4.78 is 11.9. The fourth-order valence-electron chi connectivity index (χ4n) is 20.7. The lowest BCUT2D eigenvalue weighted by Crippen LogP contribution is -2.51. The van der Waals surface area contributed by atoms with Crippen LogP contribution in [-0.4, -0.2) is 103 Å². The summed E-state index contributed by atoms with van der Waals surface area (Å²) >= 11 is 0. The zero-order valence-electron chi connectivity index (χ0n) is 62.7. The summed E-state index contributed by atoms with van der Waals surface area (Å²) in [6.45, 7) is 44.1. The highest BCUT2D eigenvalue weighted by Gasteiger charge is 2.61. The van der Waals surface area contributed by atoms with Crippen molar-refractivity contribution in [1.29, 1.82) is 0 Å². The standard InChI is InChI=1S/2C38H70N4O2.2C2H6/c1-28(2)11-8-12-29(3)33-15-16-34-32-14-13-30-27-31(17-19-37(30,4)35(32)18-20-38(33,34)5)44-36(43)42-26-10-25-41-23-7-6-22-40-24-9-21-39;1-28(2)11-8-12-29(3)33-15-16-34-32-14-13-30-27-31(17-19-37(30,4)35(32)18-20-38(33,34)5)44-36(43)42-26-10-25-41-24-9-23-40-22-7-6-21-39;2*1-2/h2*13,28-29,31-35,40-41H,6-12,14-27,39H2,1-5H3,(H,42,43);2*1-2H3. The highest BCUT2D eigenvalue weighted by molar-refractivity contribution is 5.67. The summed E-state index contributed by atoms with van der Waals surface area (Å²) in [4.78, 5) is 25.2. The van der Waals surface area contributed by atoms with Crippen molar-refractivity contribution in [3.05, 3.63) is 23.3 Å². The molecule has 12 heteroatoms. The molecule has 0 saturated heterocycles. The molecule has 16 unspecified atom stereocenters. The number of allylic oxidation sites excluding steroid dienone is 2. The van der Waals surface area contributed by atoms with E-state index in [-0.39, 0.29) is 24.4 Å². The van der Waals surface area contributed by atoms with E-state index >= 15 is 0 Å². The van der Waals surface area contributed by atoms with Crippen molar-refractivity contribution >= 4 is 12.2 Å². The zero-order chi connectivity index (χ0) is 67.2. The van der Waals surface area contributed by atoms with E-state index in [0.29, 0.717) is 34.7 Å². The molecule has 0 bridgehead atoms. The number of fused-ring (bicyclic) bond motifs is 10. The van der Waals surface area contributed by atoms with Crippen LogP contribution in [0, 0.1) is 92.7 Å². The van der Waals surface area contributed by atoms with Gasteiger partial charge in [0, 0.05) is 25.9 Å². The van der Waals surface area contributed by atoms with E-state index in [0.717, 1.165) is 201 Å². The second kappa shape index (κ2) is 41.9. The van der Waals surface area contributed by atoms with E-state index in [1.165, 1.54) is 128 Å². The highest BCUT2D eigenvalue weighted by Crippen LogP contribution is 2.69. The Bertz CT molecular complexity index is 1960. The number of ether oxygens (including phenoxy) is 2. The summed E-state index contributed by atoms with van der Waals surface area (Å²) in [5.41, 5.74) is 15.9. The molecule has 536 valence electrons. The molecule has 10 N–H and O–H groups in total. The molecule has 0 aromatic heterocycles. The van der Waals surface area contributed by atoms with Crippen molar-refractivity contribution in [1.82, 2.24) is 31.9 Å². The minimum Gasteiger partial charge on any atom is -0.446 e. The van der Waals surface area contributed by atoms with Gasteiger partial charge in [0.05, 0.1) is 0 Å². The fourth-order valence-corrected chi connectivity index (χ4v) is 20.7. The molecule has 12 nitrogen and oxygen atoms in total. The van der Waals surface area contributed by atoms with E-state index in [1.54, 1.807) is 11.1 Å². The lowest BCUT2D eigenvalue weighted by atomic mass is 9.47. The number of amides is 2. The molecule has 8 aliphatic rings. The van der Waals surface area contributed by atoms with Gasteiger partial charge in [-0.1, -0.05) is 159 Å². The number of alkyl carbamates (subject to hydrolysis) is 2. The van der Waals surface area contributed by atoms with Gasteiger partial charge in [-0.2, -0.15) is 0 Å². The van der Waals surface area contributed by atoms with Crippen LogP contribution in [0.4, 0.5) is 9.59 Å². The quantitative estimate of drug-likeness (QED) is 0.0223. The van der Waals surface area contributed by atoms with Crippen LogP contribution >= 0.6 is 0 Å². The Balaban J connectivity index is 0.000000317. The first-order valence-electron chi connectivity index (χ1n) is 39.9. The van der Waals surface area contributed by atoms with Gasteiger partial charge in [-0.3, -0.25) is 0 Å². The number of rotatable bonds is 36. The van der Waals surface area contributed by atoms with Gasteiger partial charge in [-0.05, 0) is 299 Å². The van der Waals surface area contributed by atoms with E-state index in [4.69, 9.17) is 20.9 Å². The van der Waals surface area contributed by atoms with E-state index in [1.807, 2.05) is 27.7 Å². The number of nitrogens with two attached hydrogens (primary N) is 2. The van der Waals surface area contributed by atoms with Gasteiger partial charge in [-0.15, -0.1) is 0 Å². The number of nitrogens with one attached hydrogen (secondary N) is 6. The highest BCUT2D eigenvalue weighted by atomic mass is 16.6. The molecule has 6 fully saturated rings. The summed E-state index contributed by atoms with van der Waals surface area (Å²) in [6.07, 6.45) is 42.0. The minimum absolute atomic E-state index is 0.0257. The van der Waals surface area contributed by atoms with Crippen LogP contribution in [0.1, 0.15) is 290 Å². The molecular formula is C80H152N8O4. The molecule has 0 aromatic carbocycles. The van der Waals surface area contributed by atoms with E-state index in [9.17, 15) is 9.59 Å². The third kappa shape index (κ3) is 22.9. The number of carbonyl (C=O) groups excluding carboxylic acids is 2. The van der Waals surface area contributed by atoms with Gasteiger partial charge < -0.3 is 52.8 Å².